The van der Waals surface area contributed by atoms with Gasteiger partial charge >= 0.3 is 11.9 Å². The van der Waals surface area contributed by atoms with Gasteiger partial charge < -0.3 is 18.9 Å². The smallest absolute Gasteiger partial charge is 0.357 e. The molecule has 0 saturated heterocycles. The fraction of sp³-hybridized carbons (Fsp3) is 0.190. The topological polar surface area (TPSA) is 88.9 Å². The van der Waals surface area contributed by atoms with Gasteiger partial charge in [-0.25, -0.2) is 18.7 Å². The van der Waals surface area contributed by atoms with Gasteiger partial charge in [-0.2, -0.15) is 5.10 Å². The molecule has 1 heterocycles. The number of esters is 2. The third kappa shape index (κ3) is 3.57. The van der Waals surface area contributed by atoms with E-state index >= 15 is 4.39 Å². The average Bonchev–Trinajstić information content (AvgIpc) is 3.17. The molecule has 0 spiro atoms. The minimum atomic E-state index is -0.884. The van der Waals surface area contributed by atoms with E-state index in [1.165, 1.54) is 32.1 Å². The molecule has 0 bridgehead atoms. The molecule has 30 heavy (non-hydrogen) atoms. The predicted molar refractivity (Wildman–Crippen MR) is 105 cm³/mol. The lowest BCUT2D eigenvalue weighted by Gasteiger charge is -2.11. The first-order chi connectivity index (χ1) is 14.5. The molecule has 3 aromatic rings. The normalized spacial score (nSPS) is 10.4. The Labute approximate surface area is 171 Å². The van der Waals surface area contributed by atoms with E-state index in [1.807, 2.05) is 0 Å². The van der Waals surface area contributed by atoms with Crippen molar-refractivity contribution in [2.45, 2.75) is 0 Å². The van der Waals surface area contributed by atoms with E-state index in [0.717, 1.165) is 13.2 Å². The molecule has 0 aliphatic rings. The Kier molecular flexibility index (Phi) is 6.01. The SMILES string of the molecule is COC(=O)c1c(-c2c(F)cc(OC)cc2OC)nn(-c2ccccc2)c1C(=O)OC. The minimum absolute atomic E-state index is 0.0612. The number of para-hydroxylation sites is 1. The maximum Gasteiger partial charge on any atom is 0.357 e. The van der Waals surface area contributed by atoms with Crippen molar-refractivity contribution in [1.29, 1.82) is 0 Å². The van der Waals surface area contributed by atoms with Crippen LogP contribution in [0.1, 0.15) is 20.8 Å². The summed E-state index contributed by atoms with van der Waals surface area (Å²) in [6, 6.07) is 11.1. The summed E-state index contributed by atoms with van der Waals surface area (Å²) in [4.78, 5) is 25.3. The van der Waals surface area contributed by atoms with Gasteiger partial charge in [0, 0.05) is 12.1 Å². The van der Waals surface area contributed by atoms with Gasteiger partial charge in [-0.15, -0.1) is 0 Å². The van der Waals surface area contributed by atoms with E-state index in [4.69, 9.17) is 18.9 Å². The van der Waals surface area contributed by atoms with Gasteiger partial charge in [0.05, 0.1) is 39.7 Å². The second-order valence-corrected chi connectivity index (χ2v) is 5.99. The quantitative estimate of drug-likeness (QED) is 0.572. The molecule has 0 atom stereocenters. The highest BCUT2D eigenvalue weighted by Crippen LogP contribution is 2.39. The van der Waals surface area contributed by atoms with Crippen molar-refractivity contribution in [2.24, 2.45) is 0 Å². The van der Waals surface area contributed by atoms with Crippen molar-refractivity contribution in [3.63, 3.8) is 0 Å². The van der Waals surface area contributed by atoms with Crippen LogP contribution in [0, 0.1) is 5.82 Å². The standard InChI is InChI=1S/C21H19FN2O6/c1-27-13-10-14(22)16(15(11-13)28-2)18-17(20(25)29-3)19(21(26)30-4)24(23-18)12-8-6-5-7-9-12/h5-11H,1-4H3. The number of carbonyl (C=O) groups is 2. The van der Waals surface area contributed by atoms with Gasteiger partial charge in [0.15, 0.2) is 5.69 Å². The fourth-order valence-corrected chi connectivity index (χ4v) is 3.00. The third-order valence-electron chi connectivity index (χ3n) is 4.37. The Morgan fingerprint density at radius 3 is 2.17 bits per heavy atom. The van der Waals surface area contributed by atoms with Gasteiger partial charge in [0.2, 0.25) is 0 Å². The molecule has 3 rings (SSSR count). The van der Waals surface area contributed by atoms with E-state index in [1.54, 1.807) is 30.3 Å². The first-order valence-electron chi connectivity index (χ1n) is 8.73. The Balaban J connectivity index is 2.43. The van der Waals surface area contributed by atoms with E-state index in [-0.39, 0.29) is 34.0 Å². The number of rotatable bonds is 6. The molecule has 0 radical (unpaired) electrons. The molecule has 8 nitrogen and oxygen atoms in total. The van der Waals surface area contributed by atoms with Crippen molar-refractivity contribution in [1.82, 2.24) is 9.78 Å². The van der Waals surface area contributed by atoms with Gasteiger partial charge in [-0.1, -0.05) is 18.2 Å². The third-order valence-corrected chi connectivity index (χ3v) is 4.37. The number of carbonyl (C=O) groups excluding carboxylic acids is 2. The molecule has 1 aromatic heterocycles. The first-order valence-corrected chi connectivity index (χ1v) is 8.73. The van der Waals surface area contributed by atoms with Crippen LogP contribution in [0.15, 0.2) is 42.5 Å². The summed E-state index contributed by atoms with van der Waals surface area (Å²) in [6.45, 7) is 0. The zero-order valence-corrected chi connectivity index (χ0v) is 16.8. The molecule has 0 N–H and O–H groups in total. The van der Waals surface area contributed by atoms with Crippen molar-refractivity contribution in [2.75, 3.05) is 28.4 Å². The van der Waals surface area contributed by atoms with Gasteiger partial charge in [-0.05, 0) is 12.1 Å². The monoisotopic (exact) mass is 414 g/mol. The van der Waals surface area contributed by atoms with E-state index in [9.17, 15) is 9.59 Å². The Bertz CT molecular complexity index is 1090. The number of halogens is 1. The molecule has 2 aromatic carbocycles. The number of benzene rings is 2. The number of hydrogen-bond donors (Lipinski definition) is 0. The van der Waals surface area contributed by atoms with Crippen LogP contribution >= 0.6 is 0 Å². The summed E-state index contributed by atoms with van der Waals surface area (Å²) < 4.78 is 36.3. The maximum absolute atomic E-state index is 15.1. The van der Waals surface area contributed by atoms with Gasteiger partial charge in [0.25, 0.3) is 0 Å². The number of hydrogen-bond acceptors (Lipinski definition) is 7. The lowest BCUT2D eigenvalue weighted by Crippen LogP contribution is -2.15. The second-order valence-electron chi connectivity index (χ2n) is 5.99. The lowest BCUT2D eigenvalue weighted by atomic mass is 10.0. The lowest BCUT2D eigenvalue weighted by molar-refractivity contribution is 0.0549. The average molecular weight is 414 g/mol. The number of nitrogens with zero attached hydrogens (tertiary/aromatic N) is 2. The fourth-order valence-electron chi connectivity index (χ4n) is 3.00. The van der Waals surface area contributed by atoms with E-state index in [0.29, 0.717) is 5.69 Å². The Morgan fingerprint density at radius 2 is 1.60 bits per heavy atom. The molecule has 0 aliphatic carbocycles. The zero-order valence-electron chi connectivity index (χ0n) is 16.8. The molecule has 9 heteroatoms. The van der Waals surface area contributed by atoms with Crippen LogP contribution < -0.4 is 9.47 Å². The second kappa shape index (κ2) is 8.64. The van der Waals surface area contributed by atoms with Crippen molar-refractivity contribution in [3.05, 3.63) is 59.5 Å². The van der Waals surface area contributed by atoms with Gasteiger partial charge in [-0.3, -0.25) is 0 Å². The Morgan fingerprint density at radius 1 is 0.933 bits per heavy atom. The molecule has 0 saturated carbocycles. The first kappa shape index (κ1) is 20.8. The minimum Gasteiger partial charge on any atom is -0.497 e. The Hall–Kier alpha value is -3.88. The van der Waals surface area contributed by atoms with Crippen LogP contribution in [0.4, 0.5) is 4.39 Å². The van der Waals surface area contributed by atoms with Crippen molar-refractivity contribution < 1.29 is 32.9 Å². The maximum atomic E-state index is 15.1. The summed E-state index contributed by atoms with van der Waals surface area (Å²) in [5.41, 5.74) is -0.262. The van der Waals surface area contributed by atoms with Crippen molar-refractivity contribution >= 4 is 11.9 Å². The van der Waals surface area contributed by atoms with E-state index in [2.05, 4.69) is 5.10 Å². The highest BCUT2D eigenvalue weighted by atomic mass is 19.1. The predicted octanol–water partition coefficient (Wildman–Crippen LogP) is 3.27. The highest BCUT2D eigenvalue weighted by Gasteiger charge is 2.34. The summed E-state index contributed by atoms with van der Waals surface area (Å²) in [5, 5.41) is 4.37. The van der Waals surface area contributed by atoms with Crippen LogP contribution in [0.3, 0.4) is 0 Å². The summed E-state index contributed by atoms with van der Waals surface area (Å²) in [6.07, 6.45) is 0. The highest BCUT2D eigenvalue weighted by molar-refractivity contribution is 6.07. The molecular weight excluding hydrogens is 395 g/mol. The molecule has 156 valence electrons. The summed E-state index contributed by atoms with van der Waals surface area (Å²) >= 11 is 0. The van der Waals surface area contributed by atoms with Crippen LogP contribution in [0.2, 0.25) is 0 Å². The summed E-state index contributed by atoms with van der Waals surface area (Å²) in [5.74, 6) is -2.21. The van der Waals surface area contributed by atoms with Crippen LogP contribution in [0.5, 0.6) is 11.5 Å². The van der Waals surface area contributed by atoms with Gasteiger partial charge in [0.1, 0.15) is 28.6 Å². The largest absolute Gasteiger partial charge is 0.497 e. The van der Waals surface area contributed by atoms with Crippen LogP contribution in [0.25, 0.3) is 16.9 Å². The molecule has 0 fully saturated rings. The zero-order chi connectivity index (χ0) is 21.8. The molecule has 0 amide bonds. The summed E-state index contributed by atoms with van der Waals surface area (Å²) in [7, 11) is 5.03. The number of ether oxygens (including phenoxy) is 4. The van der Waals surface area contributed by atoms with Crippen LogP contribution in [-0.4, -0.2) is 50.2 Å². The molecule has 0 unspecified atom stereocenters. The molecular formula is C21H19FN2O6. The number of aromatic nitrogens is 2. The molecule has 0 aliphatic heterocycles. The van der Waals surface area contributed by atoms with E-state index < -0.39 is 17.8 Å². The van der Waals surface area contributed by atoms with Crippen LogP contribution in [-0.2, 0) is 9.47 Å². The number of methoxy groups -OCH3 is 4. The van der Waals surface area contributed by atoms with Crippen molar-refractivity contribution in [3.8, 4) is 28.4 Å².